The molecule has 0 aliphatic carbocycles. The standard InChI is InChI=1S/C10H16ClN3O2/c1-15-4-5-16-3-2-13-10-9(12)6-8(11)7-14-10/h6-7H,2-5,12H2,1H3,(H,13,14). The smallest absolute Gasteiger partial charge is 0.149 e. The lowest BCUT2D eigenvalue weighted by Gasteiger charge is -2.08. The highest BCUT2D eigenvalue weighted by Crippen LogP contribution is 2.18. The van der Waals surface area contributed by atoms with Gasteiger partial charge in [0.15, 0.2) is 0 Å². The van der Waals surface area contributed by atoms with E-state index >= 15 is 0 Å². The average molecular weight is 246 g/mol. The number of halogens is 1. The first-order chi connectivity index (χ1) is 7.74. The van der Waals surface area contributed by atoms with Gasteiger partial charge in [-0.2, -0.15) is 0 Å². The molecule has 1 rings (SSSR count). The topological polar surface area (TPSA) is 69.4 Å². The molecule has 0 spiro atoms. The molecule has 1 aromatic rings. The molecule has 0 unspecified atom stereocenters. The Bertz CT molecular complexity index is 323. The SMILES string of the molecule is COCCOCCNc1ncc(Cl)cc1N. The van der Waals surface area contributed by atoms with Crippen molar-refractivity contribution < 1.29 is 9.47 Å². The highest BCUT2D eigenvalue weighted by atomic mass is 35.5. The lowest BCUT2D eigenvalue weighted by molar-refractivity contribution is 0.0759. The van der Waals surface area contributed by atoms with E-state index in [1.54, 1.807) is 19.4 Å². The number of ether oxygens (including phenoxy) is 2. The van der Waals surface area contributed by atoms with Gasteiger partial charge >= 0.3 is 0 Å². The summed E-state index contributed by atoms with van der Waals surface area (Å²) in [4.78, 5) is 4.06. The minimum absolute atomic E-state index is 0.527. The van der Waals surface area contributed by atoms with E-state index in [1.165, 1.54) is 0 Å². The first kappa shape index (κ1) is 13.0. The highest BCUT2D eigenvalue weighted by molar-refractivity contribution is 6.30. The molecule has 0 aromatic carbocycles. The molecule has 0 aliphatic heterocycles. The normalized spacial score (nSPS) is 10.4. The molecule has 0 bridgehead atoms. The van der Waals surface area contributed by atoms with Crippen LogP contribution >= 0.6 is 11.6 Å². The van der Waals surface area contributed by atoms with E-state index < -0.39 is 0 Å². The maximum Gasteiger partial charge on any atom is 0.149 e. The number of hydrogen-bond acceptors (Lipinski definition) is 5. The second kappa shape index (κ2) is 7.27. The van der Waals surface area contributed by atoms with Gasteiger partial charge in [0.05, 0.1) is 30.5 Å². The van der Waals surface area contributed by atoms with Crippen molar-refractivity contribution in [1.82, 2.24) is 4.98 Å². The zero-order valence-electron chi connectivity index (χ0n) is 9.20. The van der Waals surface area contributed by atoms with E-state index in [0.29, 0.717) is 42.9 Å². The molecule has 16 heavy (non-hydrogen) atoms. The third-order valence-electron chi connectivity index (χ3n) is 1.85. The van der Waals surface area contributed by atoms with Crippen molar-refractivity contribution >= 4 is 23.1 Å². The van der Waals surface area contributed by atoms with Gasteiger partial charge in [-0.1, -0.05) is 11.6 Å². The molecule has 90 valence electrons. The van der Waals surface area contributed by atoms with Gasteiger partial charge in [-0.3, -0.25) is 0 Å². The molecule has 0 saturated carbocycles. The number of aromatic nitrogens is 1. The van der Waals surface area contributed by atoms with Gasteiger partial charge in [0.25, 0.3) is 0 Å². The largest absolute Gasteiger partial charge is 0.396 e. The van der Waals surface area contributed by atoms with Crippen LogP contribution in [0, 0.1) is 0 Å². The summed E-state index contributed by atoms with van der Waals surface area (Å²) in [6.45, 7) is 2.40. The number of hydrogen-bond donors (Lipinski definition) is 2. The molecular formula is C10H16ClN3O2. The van der Waals surface area contributed by atoms with Crippen LogP contribution < -0.4 is 11.1 Å². The van der Waals surface area contributed by atoms with Crippen molar-refractivity contribution in [3.8, 4) is 0 Å². The highest BCUT2D eigenvalue weighted by Gasteiger charge is 2.00. The van der Waals surface area contributed by atoms with Crippen molar-refractivity contribution in [3.63, 3.8) is 0 Å². The van der Waals surface area contributed by atoms with Crippen molar-refractivity contribution in [3.05, 3.63) is 17.3 Å². The van der Waals surface area contributed by atoms with E-state index in [2.05, 4.69) is 10.3 Å². The van der Waals surface area contributed by atoms with Crippen LogP contribution in [0.2, 0.25) is 5.02 Å². The van der Waals surface area contributed by atoms with Crippen molar-refractivity contribution in [2.75, 3.05) is 44.5 Å². The minimum atomic E-state index is 0.527. The molecule has 3 N–H and O–H groups in total. The summed E-state index contributed by atoms with van der Waals surface area (Å²) in [5.74, 6) is 0.625. The maximum atomic E-state index is 5.73. The molecule has 5 nitrogen and oxygen atoms in total. The second-order valence-electron chi connectivity index (χ2n) is 3.12. The number of nitrogens with one attached hydrogen (secondary N) is 1. The predicted molar refractivity (Wildman–Crippen MR) is 64.8 cm³/mol. The number of pyridine rings is 1. The Kier molecular flexibility index (Phi) is 5.92. The van der Waals surface area contributed by atoms with Crippen LogP contribution in [0.3, 0.4) is 0 Å². The molecule has 1 aromatic heterocycles. The average Bonchev–Trinajstić information content (AvgIpc) is 2.26. The molecule has 0 radical (unpaired) electrons. The van der Waals surface area contributed by atoms with Crippen LogP contribution in [0.4, 0.5) is 11.5 Å². The first-order valence-electron chi connectivity index (χ1n) is 4.95. The molecule has 0 fully saturated rings. The molecule has 0 amide bonds. The van der Waals surface area contributed by atoms with E-state index in [-0.39, 0.29) is 0 Å². The van der Waals surface area contributed by atoms with E-state index in [1.807, 2.05) is 0 Å². The van der Waals surface area contributed by atoms with Gasteiger partial charge in [0, 0.05) is 19.9 Å². The number of anilines is 2. The molecule has 6 heteroatoms. The fraction of sp³-hybridized carbons (Fsp3) is 0.500. The lowest BCUT2D eigenvalue weighted by atomic mass is 10.4. The Labute approximate surface area is 99.9 Å². The minimum Gasteiger partial charge on any atom is -0.396 e. The van der Waals surface area contributed by atoms with Crippen molar-refractivity contribution in [1.29, 1.82) is 0 Å². The summed E-state index contributed by atoms with van der Waals surface area (Å²) >= 11 is 5.73. The molecule has 1 heterocycles. The molecule has 0 aliphatic rings. The zero-order valence-corrected chi connectivity index (χ0v) is 9.96. The molecule has 0 saturated heterocycles. The van der Waals surface area contributed by atoms with Crippen LogP contribution in [0.5, 0.6) is 0 Å². The van der Waals surface area contributed by atoms with Crippen LogP contribution in [0.1, 0.15) is 0 Å². The first-order valence-corrected chi connectivity index (χ1v) is 5.33. The monoisotopic (exact) mass is 245 g/mol. The summed E-state index contributed by atoms with van der Waals surface area (Å²) < 4.78 is 10.1. The molecule has 0 atom stereocenters. The third-order valence-corrected chi connectivity index (χ3v) is 2.06. The van der Waals surface area contributed by atoms with Gasteiger partial charge < -0.3 is 20.5 Å². The quantitative estimate of drug-likeness (QED) is 0.711. The summed E-state index contributed by atoms with van der Waals surface area (Å²) in [7, 11) is 1.64. The Hall–Kier alpha value is -1.04. The van der Waals surface area contributed by atoms with Crippen molar-refractivity contribution in [2.24, 2.45) is 0 Å². The van der Waals surface area contributed by atoms with Crippen LogP contribution in [-0.4, -0.2) is 38.5 Å². The number of nitrogens with zero attached hydrogens (tertiary/aromatic N) is 1. The van der Waals surface area contributed by atoms with Gasteiger partial charge in [-0.25, -0.2) is 4.98 Å². The van der Waals surface area contributed by atoms with Gasteiger partial charge in [-0.15, -0.1) is 0 Å². The third kappa shape index (κ3) is 4.65. The van der Waals surface area contributed by atoms with Crippen LogP contribution in [0.15, 0.2) is 12.3 Å². The maximum absolute atomic E-state index is 5.73. The Morgan fingerprint density at radius 2 is 2.25 bits per heavy atom. The number of rotatable bonds is 7. The Morgan fingerprint density at radius 3 is 2.94 bits per heavy atom. The Balaban J connectivity index is 2.21. The summed E-state index contributed by atoms with van der Waals surface area (Å²) in [5, 5.41) is 3.58. The summed E-state index contributed by atoms with van der Waals surface area (Å²) in [6.07, 6.45) is 1.55. The van der Waals surface area contributed by atoms with E-state index in [0.717, 1.165) is 0 Å². The fourth-order valence-corrected chi connectivity index (χ4v) is 1.25. The Morgan fingerprint density at radius 1 is 1.44 bits per heavy atom. The molecular weight excluding hydrogens is 230 g/mol. The van der Waals surface area contributed by atoms with Gasteiger partial charge in [0.2, 0.25) is 0 Å². The predicted octanol–water partition coefficient (Wildman–Crippen LogP) is 1.39. The van der Waals surface area contributed by atoms with Crippen molar-refractivity contribution in [2.45, 2.75) is 0 Å². The summed E-state index contributed by atoms with van der Waals surface area (Å²) in [5.41, 5.74) is 6.25. The van der Waals surface area contributed by atoms with Crippen LogP contribution in [-0.2, 0) is 9.47 Å². The lowest BCUT2D eigenvalue weighted by Crippen LogP contribution is -2.13. The number of methoxy groups -OCH3 is 1. The number of nitrogens with two attached hydrogens (primary N) is 1. The fourth-order valence-electron chi connectivity index (χ4n) is 1.09. The van der Waals surface area contributed by atoms with Gasteiger partial charge in [0.1, 0.15) is 5.82 Å². The summed E-state index contributed by atoms with van der Waals surface area (Å²) in [6, 6.07) is 1.66. The number of nitrogen functional groups attached to an aromatic ring is 1. The van der Waals surface area contributed by atoms with E-state index in [9.17, 15) is 0 Å². The van der Waals surface area contributed by atoms with Crippen LogP contribution in [0.25, 0.3) is 0 Å². The van der Waals surface area contributed by atoms with Gasteiger partial charge in [-0.05, 0) is 6.07 Å². The zero-order chi connectivity index (χ0) is 11.8. The van der Waals surface area contributed by atoms with E-state index in [4.69, 9.17) is 26.8 Å². The second-order valence-corrected chi connectivity index (χ2v) is 3.56.